The van der Waals surface area contributed by atoms with Crippen LogP contribution in [0.25, 0.3) is 11.3 Å². The number of halogens is 1. The number of hydrogen-bond donors (Lipinski definition) is 0. The number of nitrogens with zero attached hydrogens (tertiary/aromatic N) is 1. The van der Waals surface area contributed by atoms with Gasteiger partial charge in [-0.1, -0.05) is 42.0 Å². The van der Waals surface area contributed by atoms with Gasteiger partial charge in [0, 0.05) is 17.5 Å². The van der Waals surface area contributed by atoms with Crippen molar-refractivity contribution < 1.29 is 23.2 Å². The summed E-state index contributed by atoms with van der Waals surface area (Å²) in [4.78, 5) is 12.3. The summed E-state index contributed by atoms with van der Waals surface area (Å²) < 4.78 is 30.0. The first-order valence-electron chi connectivity index (χ1n) is 10.2. The van der Waals surface area contributed by atoms with Crippen molar-refractivity contribution >= 4 is 5.97 Å². The van der Waals surface area contributed by atoms with Crippen LogP contribution in [0.2, 0.25) is 0 Å². The van der Waals surface area contributed by atoms with Crippen LogP contribution < -0.4 is 4.74 Å². The lowest BCUT2D eigenvalue weighted by Gasteiger charge is -2.04. The molecule has 31 heavy (non-hydrogen) atoms. The summed E-state index contributed by atoms with van der Waals surface area (Å²) in [5.74, 6) is 6.27. The van der Waals surface area contributed by atoms with Crippen LogP contribution in [0.3, 0.4) is 0 Å². The standard InChI is InChI=1S/C25H22FNO4/c1-29-21-8-4-7-19(13-21)24-15-22(31-27-24)16-30-25(28)20-12-11-18(23(26)14-20)10-9-17-5-2-3-6-17/h4,7-8,11-15,17H,2-3,5-6,16H2,1H3. The van der Waals surface area contributed by atoms with E-state index in [1.165, 1.54) is 25.0 Å². The second-order valence-electron chi connectivity index (χ2n) is 7.43. The molecule has 1 aliphatic carbocycles. The van der Waals surface area contributed by atoms with Crippen molar-refractivity contribution in [1.29, 1.82) is 0 Å². The van der Waals surface area contributed by atoms with Gasteiger partial charge in [-0.05, 0) is 43.2 Å². The van der Waals surface area contributed by atoms with E-state index in [2.05, 4.69) is 17.0 Å². The van der Waals surface area contributed by atoms with Crippen molar-refractivity contribution in [2.24, 2.45) is 5.92 Å². The minimum absolute atomic E-state index is 0.110. The Balaban J connectivity index is 1.37. The Morgan fingerprint density at radius 3 is 2.81 bits per heavy atom. The molecule has 5 nitrogen and oxygen atoms in total. The van der Waals surface area contributed by atoms with Crippen molar-refractivity contribution in [3.8, 4) is 28.8 Å². The first-order chi connectivity index (χ1) is 15.1. The molecule has 0 saturated heterocycles. The van der Waals surface area contributed by atoms with E-state index in [-0.39, 0.29) is 12.2 Å². The van der Waals surface area contributed by atoms with Crippen LogP contribution in [0.15, 0.2) is 53.1 Å². The zero-order chi connectivity index (χ0) is 21.6. The normalized spacial score (nSPS) is 13.5. The van der Waals surface area contributed by atoms with E-state index in [4.69, 9.17) is 14.0 Å². The van der Waals surface area contributed by atoms with Gasteiger partial charge in [0.05, 0.1) is 18.2 Å². The summed E-state index contributed by atoms with van der Waals surface area (Å²) in [5.41, 5.74) is 1.83. The molecule has 158 valence electrons. The lowest BCUT2D eigenvalue weighted by molar-refractivity contribution is 0.0437. The van der Waals surface area contributed by atoms with Gasteiger partial charge in [-0.25, -0.2) is 9.18 Å². The van der Waals surface area contributed by atoms with Crippen molar-refractivity contribution in [3.05, 3.63) is 71.2 Å². The molecule has 2 aromatic carbocycles. The molecule has 0 bridgehead atoms. The zero-order valence-corrected chi connectivity index (χ0v) is 17.2. The van der Waals surface area contributed by atoms with E-state index >= 15 is 0 Å². The molecule has 1 heterocycles. The maximum atomic E-state index is 14.4. The minimum Gasteiger partial charge on any atom is -0.497 e. The predicted molar refractivity (Wildman–Crippen MR) is 113 cm³/mol. The molecule has 3 aromatic rings. The number of carbonyl (C=O) groups is 1. The molecule has 4 rings (SSSR count). The quantitative estimate of drug-likeness (QED) is 0.410. The SMILES string of the molecule is COc1cccc(-c2cc(COC(=O)c3ccc(C#CC4CCCC4)c(F)c3)on2)c1. The number of ether oxygens (including phenoxy) is 2. The molecule has 0 unspecified atom stereocenters. The molecule has 6 heteroatoms. The largest absolute Gasteiger partial charge is 0.497 e. The van der Waals surface area contributed by atoms with Crippen molar-refractivity contribution in [2.45, 2.75) is 32.3 Å². The fraction of sp³-hybridized carbons (Fsp3) is 0.280. The number of benzene rings is 2. The first kappa shape index (κ1) is 20.7. The van der Waals surface area contributed by atoms with Gasteiger partial charge in [-0.2, -0.15) is 0 Å². The Kier molecular flexibility index (Phi) is 6.32. The number of esters is 1. The molecule has 0 amide bonds. The summed E-state index contributed by atoms with van der Waals surface area (Å²) in [6.45, 7) is -0.110. The highest BCUT2D eigenvalue weighted by Gasteiger charge is 2.14. The summed E-state index contributed by atoms with van der Waals surface area (Å²) >= 11 is 0. The highest BCUT2D eigenvalue weighted by atomic mass is 19.1. The Labute approximate surface area is 180 Å². The predicted octanol–water partition coefficient (Wildman–Crippen LogP) is 5.39. The van der Waals surface area contributed by atoms with E-state index in [0.29, 0.717) is 28.7 Å². The zero-order valence-electron chi connectivity index (χ0n) is 17.2. The Morgan fingerprint density at radius 2 is 2.03 bits per heavy atom. The highest BCUT2D eigenvalue weighted by Crippen LogP contribution is 2.25. The third-order valence-electron chi connectivity index (χ3n) is 5.24. The van der Waals surface area contributed by atoms with Gasteiger partial charge in [0.1, 0.15) is 17.3 Å². The maximum absolute atomic E-state index is 14.4. The topological polar surface area (TPSA) is 61.6 Å². The van der Waals surface area contributed by atoms with Gasteiger partial charge in [-0.15, -0.1) is 0 Å². The molecule has 0 N–H and O–H groups in total. The van der Waals surface area contributed by atoms with Gasteiger partial charge in [0.15, 0.2) is 12.4 Å². The average Bonchev–Trinajstić information content (AvgIpc) is 3.49. The number of hydrogen-bond acceptors (Lipinski definition) is 5. The fourth-order valence-electron chi connectivity index (χ4n) is 3.51. The van der Waals surface area contributed by atoms with Gasteiger partial charge in [0.25, 0.3) is 0 Å². The molecular formula is C25H22FNO4. The third-order valence-corrected chi connectivity index (χ3v) is 5.24. The van der Waals surface area contributed by atoms with E-state index in [9.17, 15) is 9.18 Å². The average molecular weight is 419 g/mol. The number of aromatic nitrogens is 1. The molecule has 0 radical (unpaired) electrons. The number of methoxy groups -OCH3 is 1. The highest BCUT2D eigenvalue weighted by molar-refractivity contribution is 5.89. The van der Waals surface area contributed by atoms with Crippen molar-refractivity contribution in [3.63, 3.8) is 0 Å². The molecule has 1 aromatic heterocycles. The molecule has 1 fully saturated rings. The third kappa shape index (κ3) is 5.13. The number of carbonyl (C=O) groups excluding carboxylic acids is 1. The first-order valence-corrected chi connectivity index (χ1v) is 10.2. The van der Waals surface area contributed by atoms with Gasteiger partial charge in [-0.3, -0.25) is 0 Å². The Hall–Kier alpha value is -3.59. The van der Waals surface area contributed by atoms with E-state index in [1.54, 1.807) is 13.2 Å². The molecular weight excluding hydrogens is 397 g/mol. The summed E-state index contributed by atoms with van der Waals surface area (Å²) in [5, 5.41) is 3.99. The molecule has 1 aliphatic rings. The monoisotopic (exact) mass is 419 g/mol. The van der Waals surface area contributed by atoms with Gasteiger partial charge < -0.3 is 14.0 Å². The fourth-order valence-corrected chi connectivity index (χ4v) is 3.51. The minimum atomic E-state index is -0.645. The van der Waals surface area contributed by atoms with Crippen LogP contribution in [-0.4, -0.2) is 18.2 Å². The second kappa shape index (κ2) is 9.48. The Morgan fingerprint density at radius 1 is 1.19 bits per heavy atom. The van der Waals surface area contributed by atoms with Crippen LogP contribution in [0.5, 0.6) is 5.75 Å². The van der Waals surface area contributed by atoms with Crippen LogP contribution in [-0.2, 0) is 11.3 Å². The maximum Gasteiger partial charge on any atom is 0.338 e. The van der Waals surface area contributed by atoms with Crippen LogP contribution in [0.4, 0.5) is 4.39 Å². The van der Waals surface area contributed by atoms with Crippen LogP contribution in [0.1, 0.15) is 47.4 Å². The second-order valence-corrected chi connectivity index (χ2v) is 7.43. The Bertz CT molecular complexity index is 1140. The molecule has 0 aliphatic heterocycles. The van der Waals surface area contributed by atoms with Crippen LogP contribution >= 0.6 is 0 Å². The molecule has 0 spiro atoms. The van der Waals surface area contributed by atoms with Crippen LogP contribution in [0, 0.1) is 23.6 Å². The van der Waals surface area contributed by atoms with Crippen molar-refractivity contribution in [1.82, 2.24) is 5.16 Å². The molecule has 0 atom stereocenters. The smallest absolute Gasteiger partial charge is 0.338 e. The van der Waals surface area contributed by atoms with Gasteiger partial charge in [0.2, 0.25) is 0 Å². The summed E-state index contributed by atoms with van der Waals surface area (Å²) in [6.07, 6.45) is 4.50. The summed E-state index contributed by atoms with van der Waals surface area (Å²) in [7, 11) is 1.59. The molecule has 1 saturated carbocycles. The summed E-state index contributed by atoms with van der Waals surface area (Å²) in [6, 6.07) is 13.3. The van der Waals surface area contributed by atoms with E-state index < -0.39 is 11.8 Å². The van der Waals surface area contributed by atoms with E-state index in [1.807, 2.05) is 24.3 Å². The lowest BCUT2D eigenvalue weighted by atomic mass is 10.1. The number of rotatable bonds is 5. The van der Waals surface area contributed by atoms with Gasteiger partial charge >= 0.3 is 5.97 Å². The van der Waals surface area contributed by atoms with E-state index in [0.717, 1.165) is 24.5 Å². The van der Waals surface area contributed by atoms with Crippen molar-refractivity contribution in [2.75, 3.05) is 7.11 Å². The lowest BCUT2D eigenvalue weighted by Crippen LogP contribution is -2.05.